The van der Waals surface area contributed by atoms with Gasteiger partial charge in [-0.15, -0.1) is 11.3 Å². The smallest absolute Gasteiger partial charge is 0.267 e. The number of para-hydroxylation sites is 1. The molecule has 0 radical (unpaired) electrons. The van der Waals surface area contributed by atoms with Crippen molar-refractivity contribution in [3.8, 4) is 17.0 Å². The van der Waals surface area contributed by atoms with Gasteiger partial charge in [-0.1, -0.05) is 48.5 Å². The van der Waals surface area contributed by atoms with Crippen molar-refractivity contribution in [3.05, 3.63) is 102 Å². The van der Waals surface area contributed by atoms with E-state index >= 15 is 0 Å². The van der Waals surface area contributed by atoms with Crippen molar-refractivity contribution in [2.75, 3.05) is 11.5 Å². The summed E-state index contributed by atoms with van der Waals surface area (Å²) in [6.07, 6.45) is 0. The van der Waals surface area contributed by atoms with Gasteiger partial charge in [0, 0.05) is 10.9 Å². The van der Waals surface area contributed by atoms with Crippen molar-refractivity contribution < 1.29 is 13.9 Å². The van der Waals surface area contributed by atoms with E-state index in [9.17, 15) is 9.18 Å². The number of amides is 1. The fourth-order valence-corrected chi connectivity index (χ4v) is 3.76. The summed E-state index contributed by atoms with van der Waals surface area (Å²) < 4.78 is 18.9. The van der Waals surface area contributed by atoms with E-state index in [0.717, 1.165) is 11.1 Å². The van der Waals surface area contributed by atoms with Gasteiger partial charge < -0.3 is 4.74 Å². The molecule has 1 amide bonds. The fourth-order valence-electron chi connectivity index (χ4n) is 2.91. The molecule has 150 valence electrons. The molecule has 0 N–H and O–H groups in total. The van der Waals surface area contributed by atoms with Crippen LogP contribution in [0.15, 0.2) is 90.3 Å². The largest absolute Gasteiger partial charge is 0.484 e. The van der Waals surface area contributed by atoms with Gasteiger partial charge in [0.2, 0.25) is 0 Å². The Morgan fingerprint density at radius 3 is 2.30 bits per heavy atom. The zero-order valence-electron chi connectivity index (χ0n) is 16.1. The minimum atomic E-state index is -0.298. The summed E-state index contributed by atoms with van der Waals surface area (Å²) in [7, 11) is 0. The first-order valence-electron chi connectivity index (χ1n) is 9.42. The average Bonchev–Trinajstić information content (AvgIpc) is 3.27. The van der Waals surface area contributed by atoms with E-state index in [1.54, 1.807) is 17.0 Å². The predicted molar refractivity (Wildman–Crippen MR) is 117 cm³/mol. The molecule has 0 spiro atoms. The van der Waals surface area contributed by atoms with Crippen LogP contribution in [-0.2, 0) is 11.3 Å². The van der Waals surface area contributed by atoms with Crippen molar-refractivity contribution in [1.29, 1.82) is 0 Å². The summed E-state index contributed by atoms with van der Waals surface area (Å²) in [5.74, 6) is 0.146. The zero-order valence-corrected chi connectivity index (χ0v) is 16.9. The number of hydrogen-bond acceptors (Lipinski definition) is 4. The van der Waals surface area contributed by atoms with Gasteiger partial charge in [-0.05, 0) is 42.0 Å². The van der Waals surface area contributed by atoms with Crippen LogP contribution in [0.3, 0.4) is 0 Å². The van der Waals surface area contributed by atoms with Crippen LogP contribution in [0.1, 0.15) is 5.56 Å². The first-order chi connectivity index (χ1) is 14.7. The Hall–Kier alpha value is -3.51. The molecule has 1 heterocycles. The van der Waals surface area contributed by atoms with Crippen molar-refractivity contribution in [3.63, 3.8) is 0 Å². The number of hydrogen-bond donors (Lipinski definition) is 0. The SMILES string of the molecule is O=C(COc1ccccc1)N(Cc1ccccc1)c1nc(-c2ccc(F)cc2)cs1. The van der Waals surface area contributed by atoms with Gasteiger partial charge in [-0.3, -0.25) is 9.69 Å². The zero-order chi connectivity index (χ0) is 20.8. The van der Waals surface area contributed by atoms with Gasteiger partial charge in [0.1, 0.15) is 11.6 Å². The number of nitrogens with zero attached hydrogens (tertiary/aromatic N) is 2. The summed E-state index contributed by atoms with van der Waals surface area (Å²) in [6, 6.07) is 25.1. The standard InChI is InChI=1S/C24H19FN2O2S/c25-20-13-11-19(12-14-20)22-17-30-24(26-22)27(15-18-7-3-1-4-8-18)23(28)16-29-21-9-5-2-6-10-21/h1-14,17H,15-16H2. The van der Waals surface area contributed by atoms with Crippen molar-refractivity contribution in [1.82, 2.24) is 4.98 Å². The highest BCUT2D eigenvalue weighted by Crippen LogP contribution is 2.29. The van der Waals surface area contributed by atoms with E-state index in [1.807, 2.05) is 66.0 Å². The third-order valence-electron chi connectivity index (χ3n) is 4.45. The molecule has 0 aliphatic rings. The molecule has 6 heteroatoms. The minimum absolute atomic E-state index is 0.0949. The Balaban J connectivity index is 1.57. The molecular formula is C24H19FN2O2S. The van der Waals surface area contributed by atoms with Crippen molar-refractivity contribution in [2.45, 2.75) is 6.54 Å². The lowest BCUT2D eigenvalue weighted by molar-refractivity contribution is -0.120. The molecule has 0 saturated heterocycles. The molecular weight excluding hydrogens is 399 g/mol. The van der Waals surface area contributed by atoms with Crippen molar-refractivity contribution in [2.24, 2.45) is 0 Å². The molecule has 3 aromatic carbocycles. The maximum absolute atomic E-state index is 13.2. The van der Waals surface area contributed by atoms with E-state index < -0.39 is 0 Å². The van der Waals surface area contributed by atoms with E-state index in [0.29, 0.717) is 23.1 Å². The van der Waals surface area contributed by atoms with Crippen LogP contribution in [0.2, 0.25) is 0 Å². The van der Waals surface area contributed by atoms with E-state index in [-0.39, 0.29) is 18.3 Å². The summed E-state index contributed by atoms with van der Waals surface area (Å²) in [5, 5.41) is 2.44. The van der Waals surface area contributed by atoms with Gasteiger partial charge in [0.25, 0.3) is 5.91 Å². The molecule has 1 aromatic heterocycles. The third kappa shape index (κ3) is 4.90. The number of carbonyl (C=O) groups is 1. The lowest BCUT2D eigenvalue weighted by Crippen LogP contribution is -2.34. The molecule has 0 saturated carbocycles. The summed E-state index contributed by atoms with van der Waals surface area (Å²) in [4.78, 5) is 19.3. The Morgan fingerprint density at radius 1 is 0.933 bits per heavy atom. The number of benzene rings is 3. The van der Waals surface area contributed by atoms with Crippen LogP contribution in [0.4, 0.5) is 9.52 Å². The van der Waals surface area contributed by atoms with Crippen LogP contribution in [0.25, 0.3) is 11.3 Å². The summed E-state index contributed by atoms with van der Waals surface area (Å²) in [6.45, 7) is 0.288. The highest BCUT2D eigenvalue weighted by molar-refractivity contribution is 7.14. The number of ether oxygens (including phenoxy) is 1. The van der Waals surface area contributed by atoms with Gasteiger partial charge in [-0.25, -0.2) is 9.37 Å². The molecule has 0 atom stereocenters. The van der Waals surface area contributed by atoms with Crippen molar-refractivity contribution >= 4 is 22.4 Å². The van der Waals surface area contributed by atoms with Crippen LogP contribution in [0, 0.1) is 5.82 Å². The van der Waals surface area contributed by atoms with Crippen LogP contribution in [-0.4, -0.2) is 17.5 Å². The van der Waals surface area contributed by atoms with Gasteiger partial charge in [0.15, 0.2) is 11.7 Å². The Kier molecular flexibility index (Phi) is 6.15. The molecule has 30 heavy (non-hydrogen) atoms. The molecule has 4 aromatic rings. The van der Waals surface area contributed by atoms with Crippen LogP contribution in [0.5, 0.6) is 5.75 Å². The topological polar surface area (TPSA) is 42.4 Å². The lowest BCUT2D eigenvalue weighted by Gasteiger charge is -2.20. The molecule has 0 aliphatic carbocycles. The highest BCUT2D eigenvalue weighted by atomic mass is 32.1. The minimum Gasteiger partial charge on any atom is -0.484 e. The molecule has 4 rings (SSSR count). The Morgan fingerprint density at radius 2 is 1.60 bits per heavy atom. The second kappa shape index (κ2) is 9.33. The molecule has 0 bridgehead atoms. The monoisotopic (exact) mass is 418 g/mol. The van der Waals surface area contributed by atoms with E-state index in [4.69, 9.17) is 4.74 Å². The number of thiazole rings is 1. The Bertz CT molecular complexity index is 1100. The second-order valence-electron chi connectivity index (χ2n) is 6.59. The maximum atomic E-state index is 13.2. The first-order valence-corrected chi connectivity index (χ1v) is 10.3. The van der Waals surface area contributed by atoms with Gasteiger partial charge in [0.05, 0.1) is 12.2 Å². The average molecular weight is 418 g/mol. The molecule has 0 aliphatic heterocycles. The van der Waals surface area contributed by atoms with E-state index in [1.165, 1.54) is 23.5 Å². The predicted octanol–water partition coefficient (Wildman–Crippen LogP) is 5.56. The normalized spacial score (nSPS) is 10.6. The summed E-state index contributed by atoms with van der Waals surface area (Å²) >= 11 is 1.37. The number of carbonyl (C=O) groups excluding carboxylic acids is 1. The first kappa shape index (κ1) is 19.8. The maximum Gasteiger partial charge on any atom is 0.267 e. The quantitative estimate of drug-likeness (QED) is 0.395. The lowest BCUT2D eigenvalue weighted by atomic mass is 10.2. The summed E-state index contributed by atoms with van der Waals surface area (Å²) in [5.41, 5.74) is 2.49. The van der Waals surface area contributed by atoms with Gasteiger partial charge >= 0.3 is 0 Å². The second-order valence-corrected chi connectivity index (χ2v) is 7.43. The number of anilines is 1. The van der Waals surface area contributed by atoms with Crippen LogP contribution >= 0.6 is 11.3 Å². The Labute approximate surface area is 178 Å². The van der Waals surface area contributed by atoms with Gasteiger partial charge in [-0.2, -0.15) is 0 Å². The fraction of sp³-hybridized carbons (Fsp3) is 0.0833. The van der Waals surface area contributed by atoms with E-state index in [2.05, 4.69) is 4.98 Å². The number of aromatic nitrogens is 1. The third-order valence-corrected chi connectivity index (χ3v) is 5.32. The highest BCUT2D eigenvalue weighted by Gasteiger charge is 2.21. The number of halogens is 1. The molecule has 0 fully saturated rings. The number of rotatable bonds is 7. The van der Waals surface area contributed by atoms with Crippen LogP contribution < -0.4 is 9.64 Å². The molecule has 0 unspecified atom stereocenters. The molecule has 4 nitrogen and oxygen atoms in total.